The molecule has 0 unspecified atom stereocenters. The van der Waals surface area contributed by atoms with Crippen LogP contribution in [0.5, 0.6) is 11.5 Å². The van der Waals surface area contributed by atoms with Crippen LogP contribution in [0.3, 0.4) is 0 Å². The highest BCUT2D eigenvalue weighted by Gasteiger charge is 2.20. The number of imidazole rings is 1. The van der Waals surface area contributed by atoms with E-state index < -0.39 is 0 Å². The van der Waals surface area contributed by atoms with E-state index in [0.717, 1.165) is 54.4 Å². The fourth-order valence-corrected chi connectivity index (χ4v) is 3.47. The molecule has 1 atom stereocenters. The van der Waals surface area contributed by atoms with Crippen LogP contribution in [0.15, 0.2) is 36.4 Å². The van der Waals surface area contributed by atoms with Gasteiger partial charge in [-0.15, -0.1) is 0 Å². The van der Waals surface area contributed by atoms with E-state index >= 15 is 0 Å². The molecule has 136 valence electrons. The minimum atomic E-state index is 0.101. The molecule has 26 heavy (non-hydrogen) atoms. The smallest absolute Gasteiger partial charge is 0.160 e. The minimum absolute atomic E-state index is 0.101. The van der Waals surface area contributed by atoms with E-state index in [9.17, 15) is 5.11 Å². The number of pyridine rings is 1. The number of hydrogen-bond acceptors (Lipinski definition) is 5. The Morgan fingerprint density at radius 2 is 2.23 bits per heavy atom. The number of hydrogen-bond donors (Lipinski definition) is 2. The Morgan fingerprint density at radius 3 is 2.96 bits per heavy atom. The summed E-state index contributed by atoms with van der Waals surface area (Å²) in [4.78, 5) is 4.79. The van der Waals surface area contributed by atoms with Gasteiger partial charge in [-0.1, -0.05) is 6.07 Å². The van der Waals surface area contributed by atoms with Crippen LogP contribution in [0.4, 0.5) is 5.82 Å². The van der Waals surface area contributed by atoms with E-state index in [1.165, 1.54) is 7.11 Å². The molecule has 6 heteroatoms. The first kappa shape index (κ1) is 16.7. The Bertz CT molecular complexity index is 929. The van der Waals surface area contributed by atoms with Crippen molar-refractivity contribution >= 4 is 11.5 Å². The van der Waals surface area contributed by atoms with Gasteiger partial charge in [0.15, 0.2) is 11.5 Å². The number of phenols is 1. The van der Waals surface area contributed by atoms with Crippen molar-refractivity contribution in [1.82, 2.24) is 9.38 Å². The van der Waals surface area contributed by atoms with Gasteiger partial charge in [0.05, 0.1) is 13.2 Å². The lowest BCUT2D eigenvalue weighted by Crippen LogP contribution is -2.19. The molecule has 0 spiro atoms. The molecule has 1 aliphatic heterocycles. The van der Waals surface area contributed by atoms with E-state index in [1.807, 2.05) is 18.2 Å². The molecular formula is C20H23N3O3. The van der Waals surface area contributed by atoms with Crippen LogP contribution >= 0.6 is 0 Å². The summed E-state index contributed by atoms with van der Waals surface area (Å²) in [7, 11) is 1.54. The summed E-state index contributed by atoms with van der Waals surface area (Å²) in [5.41, 5.74) is 3.59. The average molecular weight is 353 g/mol. The van der Waals surface area contributed by atoms with E-state index in [1.54, 1.807) is 12.1 Å². The molecule has 1 fully saturated rings. The Morgan fingerprint density at radius 1 is 1.35 bits per heavy atom. The number of aromatic nitrogens is 2. The molecule has 6 nitrogen and oxygen atoms in total. The Balaban J connectivity index is 1.78. The predicted octanol–water partition coefficient (Wildman–Crippen LogP) is 3.61. The SMILES string of the molecule is COc1ccc(-c2nc3cccc(C)n3c2NC[C@@H]2CCCO2)cc1O. The van der Waals surface area contributed by atoms with Gasteiger partial charge in [-0.2, -0.15) is 0 Å². The monoisotopic (exact) mass is 353 g/mol. The van der Waals surface area contributed by atoms with Gasteiger partial charge < -0.3 is 19.9 Å². The van der Waals surface area contributed by atoms with Gasteiger partial charge in [-0.05, 0) is 50.1 Å². The van der Waals surface area contributed by atoms with Crippen LogP contribution in [-0.2, 0) is 4.74 Å². The third kappa shape index (κ3) is 2.97. The first-order valence-corrected chi connectivity index (χ1v) is 8.88. The molecule has 0 saturated carbocycles. The van der Waals surface area contributed by atoms with Crippen molar-refractivity contribution in [1.29, 1.82) is 0 Å². The molecule has 0 aliphatic carbocycles. The van der Waals surface area contributed by atoms with Crippen molar-refractivity contribution in [3.05, 3.63) is 42.1 Å². The molecule has 0 bridgehead atoms. The number of nitrogens with one attached hydrogen (secondary N) is 1. The number of ether oxygens (including phenoxy) is 2. The van der Waals surface area contributed by atoms with Crippen molar-refractivity contribution in [2.24, 2.45) is 0 Å². The first-order chi connectivity index (χ1) is 12.7. The molecule has 1 saturated heterocycles. The van der Waals surface area contributed by atoms with Crippen molar-refractivity contribution in [3.8, 4) is 22.8 Å². The number of benzene rings is 1. The summed E-state index contributed by atoms with van der Waals surface area (Å²) in [6.45, 7) is 3.62. The number of rotatable bonds is 5. The maximum Gasteiger partial charge on any atom is 0.160 e. The maximum atomic E-state index is 10.2. The lowest BCUT2D eigenvalue weighted by atomic mass is 10.1. The average Bonchev–Trinajstić information content (AvgIpc) is 3.28. The second kappa shape index (κ2) is 6.88. The zero-order chi connectivity index (χ0) is 18.1. The highest BCUT2D eigenvalue weighted by molar-refractivity contribution is 5.78. The quantitative estimate of drug-likeness (QED) is 0.733. The van der Waals surface area contributed by atoms with Crippen LogP contribution in [0, 0.1) is 6.92 Å². The van der Waals surface area contributed by atoms with Gasteiger partial charge in [-0.3, -0.25) is 4.40 Å². The number of fused-ring (bicyclic) bond motifs is 1. The summed E-state index contributed by atoms with van der Waals surface area (Å²) in [5, 5.41) is 13.7. The number of methoxy groups -OCH3 is 1. The lowest BCUT2D eigenvalue weighted by molar-refractivity contribution is 0.120. The highest BCUT2D eigenvalue weighted by atomic mass is 16.5. The van der Waals surface area contributed by atoms with E-state index in [-0.39, 0.29) is 11.9 Å². The van der Waals surface area contributed by atoms with E-state index in [0.29, 0.717) is 5.75 Å². The predicted molar refractivity (Wildman–Crippen MR) is 101 cm³/mol. The zero-order valence-electron chi connectivity index (χ0n) is 15.0. The Kier molecular flexibility index (Phi) is 4.42. The van der Waals surface area contributed by atoms with E-state index in [2.05, 4.69) is 22.7 Å². The topological polar surface area (TPSA) is 68.0 Å². The molecular weight excluding hydrogens is 330 g/mol. The number of anilines is 1. The fourth-order valence-electron chi connectivity index (χ4n) is 3.47. The number of nitrogens with zero attached hydrogens (tertiary/aromatic N) is 2. The highest BCUT2D eigenvalue weighted by Crippen LogP contribution is 2.35. The molecule has 2 aromatic heterocycles. The molecule has 1 aliphatic rings. The maximum absolute atomic E-state index is 10.2. The van der Waals surface area contributed by atoms with Crippen molar-refractivity contribution in [2.75, 3.05) is 25.6 Å². The Labute approximate surface area is 152 Å². The van der Waals surface area contributed by atoms with Gasteiger partial charge in [0.1, 0.15) is 17.2 Å². The number of phenolic OH excluding ortho intramolecular Hbond substituents is 1. The zero-order valence-corrected chi connectivity index (χ0v) is 15.0. The van der Waals surface area contributed by atoms with Crippen LogP contribution in [-0.4, -0.2) is 40.9 Å². The summed E-state index contributed by atoms with van der Waals surface area (Å²) in [5.74, 6) is 1.46. The number of aromatic hydroxyl groups is 1. The normalized spacial score (nSPS) is 16.9. The summed E-state index contributed by atoms with van der Waals surface area (Å²) < 4.78 is 13.0. The first-order valence-electron chi connectivity index (χ1n) is 8.88. The van der Waals surface area contributed by atoms with E-state index in [4.69, 9.17) is 14.5 Å². The second-order valence-electron chi connectivity index (χ2n) is 6.57. The fraction of sp³-hybridized carbons (Fsp3) is 0.350. The lowest BCUT2D eigenvalue weighted by Gasteiger charge is -2.14. The molecule has 0 radical (unpaired) electrons. The molecule has 1 aromatic carbocycles. The molecule has 0 amide bonds. The minimum Gasteiger partial charge on any atom is -0.504 e. The molecule has 2 N–H and O–H groups in total. The Hall–Kier alpha value is -2.73. The second-order valence-corrected chi connectivity index (χ2v) is 6.57. The largest absolute Gasteiger partial charge is 0.504 e. The molecule has 4 rings (SSSR count). The standard InChI is InChI=1S/C20H23N3O3/c1-13-5-3-7-18-22-19(14-8-9-17(25-2)16(24)11-14)20(23(13)18)21-12-15-6-4-10-26-15/h3,5,7-9,11,15,21,24H,4,6,10,12H2,1-2H3/t15-/m0/s1. The van der Waals surface area contributed by atoms with Crippen LogP contribution in [0.2, 0.25) is 0 Å². The van der Waals surface area contributed by atoms with Crippen LogP contribution in [0.25, 0.3) is 16.9 Å². The van der Waals surface area contributed by atoms with Gasteiger partial charge >= 0.3 is 0 Å². The third-order valence-corrected chi connectivity index (χ3v) is 4.81. The summed E-state index contributed by atoms with van der Waals surface area (Å²) >= 11 is 0. The third-order valence-electron chi connectivity index (χ3n) is 4.81. The van der Waals surface area contributed by atoms with Gasteiger partial charge in [0.25, 0.3) is 0 Å². The van der Waals surface area contributed by atoms with Gasteiger partial charge in [-0.25, -0.2) is 4.98 Å². The molecule has 3 heterocycles. The van der Waals surface area contributed by atoms with Crippen LogP contribution in [0.1, 0.15) is 18.5 Å². The van der Waals surface area contributed by atoms with Gasteiger partial charge in [0, 0.05) is 24.4 Å². The van der Waals surface area contributed by atoms with Gasteiger partial charge in [0.2, 0.25) is 0 Å². The summed E-state index contributed by atoms with van der Waals surface area (Å²) in [6, 6.07) is 11.4. The summed E-state index contributed by atoms with van der Waals surface area (Å²) in [6.07, 6.45) is 2.40. The van der Waals surface area contributed by atoms with Crippen molar-refractivity contribution < 1.29 is 14.6 Å². The van der Waals surface area contributed by atoms with Crippen molar-refractivity contribution in [2.45, 2.75) is 25.9 Å². The number of aryl methyl sites for hydroxylation is 1. The molecule has 3 aromatic rings. The van der Waals surface area contributed by atoms with Crippen molar-refractivity contribution in [3.63, 3.8) is 0 Å². The van der Waals surface area contributed by atoms with Crippen LogP contribution < -0.4 is 10.1 Å².